The van der Waals surface area contributed by atoms with Crippen molar-refractivity contribution in [3.05, 3.63) is 58.1 Å². The quantitative estimate of drug-likeness (QED) is 0.402. The van der Waals surface area contributed by atoms with E-state index in [1.807, 2.05) is 26.8 Å². The number of benzene rings is 2. The van der Waals surface area contributed by atoms with Gasteiger partial charge in [0.15, 0.2) is 0 Å². The molecule has 3 amide bonds. The number of carbonyl (C=O) groups is 3. The predicted molar refractivity (Wildman–Crippen MR) is 146 cm³/mol. The second kappa shape index (κ2) is 12.3. The number of phenolic OH excluding ortho intramolecular Hbond substituents is 1. The topological polar surface area (TPSA) is 108 Å². The zero-order chi connectivity index (χ0) is 28.1. The Kier molecular flexibility index (Phi) is 9.98. The van der Waals surface area contributed by atoms with Crippen LogP contribution in [0, 0.1) is 19.8 Å². The van der Waals surface area contributed by atoms with Crippen LogP contribution in [0.25, 0.3) is 0 Å². The minimum atomic E-state index is -1.07. The number of aromatic hydroxyl groups is 1. The van der Waals surface area contributed by atoms with Crippen molar-refractivity contribution in [1.29, 1.82) is 0 Å². The largest absolute Gasteiger partial charge is 0.508 e. The van der Waals surface area contributed by atoms with Gasteiger partial charge in [0, 0.05) is 7.05 Å². The highest BCUT2D eigenvalue weighted by Crippen LogP contribution is 2.30. The standard InChI is InChI=1S/C28H38ClN3O5/c1-16(2)14-21(30-27(36)37-28(5,6)7)26(35)32(8)24(19-12-13-22(33)18(4)15-19)25(34)31-23-17(3)10-9-11-20(23)29/h9-13,15-16,21,24,33H,14H2,1-8H3,(H,30,36)(H,31,34). The van der Waals surface area contributed by atoms with Gasteiger partial charge in [-0.05, 0) is 81.8 Å². The third-order valence-corrected chi connectivity index (χ3v) is 6.00. The first-order valence-electron chi connectivity index (χ1n) is 12.2. The summed E-state index contributed by atoms with van der Waals surface area (Å²) < 4.78 is 5.36. The first kappa shape index (κ1) is 30.0. The lowest BCUT2D eigenvalue weighted by atomic mass is 9.98. The van der Waals surface area contributed by atoms with Crippen molar-refractivity contribution in [2.75, 3.05) is 12.4 Å². The molecule has 0 heterocycles. The number of para-hydroxylation sites is 1. The highest BCUT2D eigenvalue weighted by Gasteiger charge is 2.35. The number of carbonyl (C=O) groups excluding carboxylic acids is 3. The monoisotopic (exact) mass is 531 g/mol. The number of nitrogens with zero attached hydrogens (tertiary/aromatic N) is 1. The van der Waals surface area contributed by atoms with E-state index in [1.54, 1.807) is 52.0 Å². The van der Waals surface area contributed by atoms with E-state index in [0.717, 1.165) is 5.56 Å². The molecule has 0 saturated carbocycles. The molecule has 0 saturated heterocycles. The number of nitrogens with one attached hydrogen (secondary N) is 2. The average molecular weight is 532 g/mol. The van der Waals surface area contributed by atoms with Crippen LogP contribution >= 0.6 is 11.6 Å². The lowest BCUT2D eigenvalue weighted by Crippen LogP contribution is -2.51. The fourth-order valence-corrected chi connectivity index (χ4v) is 4.17. The van der Waals surface area contributed by atoms with E-state index in [4.69, 9.17) is 16.3 Å². The third-order valence-electron chi connectivity index (χ3n) is 5.69. The van der Waals surface area contributed by atoms with Crippen molar-refractivity contribution in [2.24, 2.45) is 5.92 Å². The molecular weight excluding hydrogens is 494 g/mol. The number of anilines is 1. The van der Waals surface area contributed by atoms with Crippen molar-refractivity contribution < 1.29 is 24.2 Å². The van der Waals surface area contributed by atoms with Crippen LogP contribution in [0.15, 0.2) is 36.4 Å². The van der Waals surface area contributed by atoms with Gasteiger partial charge in [0.2, 0.25) is 5.91 Å². The first-order valence-corrected chi connectivity index (χ1v) is 12.6. The Bertz CT molecular complexity index is 1120. The maximum Gasteiger partial charge on any atom is 0.408 e. The minimum Gasteiger partial charge on any atom is -0.508 e. The van der Waals surface area contributed by atoms with Crippen molar-refractivity contribution in [2.45, 2.75) is 72.6 Å². The predicted octanol–water partition coefficient (Wildman–Crippen LogP) is 5.74. The van der Waals surface area contributed by atoms with Crippen LogP contribution in [-0.2, 0) is 14.3 Å². The number of hydrogen-bond acceptors (Lipinski definition) is 5. The average Bonchev–Trinajstić information content (AvgIpc) is 2.76. The molecule has 2 rings (SSSR count). The number of phenols is 1. The van der Waals surface area contributed by atoms with Crippen molar-refractivity contribution in [3.63, 3.8) is 0 Å². The second-order valence-corrected chi connectivity index (χ2v) is 11.1. The number of likely N-dealkylation sites (N-methyl/N-ethyl adjacent to an activating group) is 1. The molecule has 0 bridgehead atoms. The van der Waals surface area contributed by atoms with Gasteiger partial charge in [-0.2, -0.15) is 0 Å². The van der Waals surface area contributed by atoms with E-state index in [2.05, 4.69) is 10.6 Å². The zero-order valence-electron chi connectivity index (χ0n) is 22.8. The summed E-state index contributed by atoms with van der Waals surface area (Å²) in [5.41, 5.74) is 1.52. The molecule has 2 aromatic rings. The number of aryl methyl sites for hydroxylation is 2. The van der Waals surface area contributed by atoms with E-state index in [-0.39, 0.29) is 11.7 Å². The molecule has 0 radical (unpaired) electrons. The van der Waals surface area contributed by atoms with E-state index >= 15 is 0 Å². The van der Waals surface area contributed by atoms with Gasteiger partial charge in [0.25, 0.3) is 5.91 Å². The molecule has 0 aliphatic heterocycles. The number of hydrogen-bond donors (Lipinski definition) is 3. The second-order valence-electron chi connectivity index (χ2n) is 10.6. The Hall–Kier alpha value is -3.26. The van der Waals surface area contributed by atoms with Gasteiger partial charge < -0.3 is 25.4 Å². The molecule has 0 spiro atoms. The Labute approximate surface area is 224 Å². The summed E-state index contributed by atoms with van der Waals surface area (Å²) in [5.74, 6) is -0.798. The maximum atomic E-state index is 13.7. The molecule has 2 atom stereocenters. The van der Waals surface area contributed by atoms with Gasteiger partial charge in [0.05, 0.1) is 10.7 Å². The van der Waals surface area contributed by atoms with E-state index in [9.17, 15) is 19.5 Å². The summed E-state index contributed by atoms with van der Waals surface area (Å²) in [7, 11) is 1.51. The van der Waals surface area contributed by atoms with E-state index in [1.165, 1.54) is 18.0 Å². The van der Waals surface area contributed by atoms with Gasteiger partial charge in [-0.3, -0.25) is 9.59 Å². The molecule has 0 fully saturated rings. The molecule has 8 nitrogen and oxygen atoms in total. The number of rotatable bonds is 8. The summed E-state index contributed by atoms with van der Waals surface area (Å²) in [4.78, 5) is 41.2. The zero-order valence-corrected chi connectivity index (χ0v) is 23.6. The fraction of sp³-hybridized carbons (Fsp3) is 0.464. The Morgan fingerprint density at radius 3 is 2.27 bits per heavy atom. The lowest BCUT2D eigenvalue weighted by molar-refractivity contribution is -0.139. The summed E-state index contributed by atoms with van der Waals surface area (Å²) >= 11 is 6.34. The molecule has 0 aliphatic rings. The number of halogens is 1. The van der Waals surface area contributed by atoms with E-state index in [0.29, 0.717) is 28.3 Å². The number of alkyl carbamates (subject to hydrolysis) is 1. The summed E-state index contributed by atoms with van der Waals surface area (Å²) in [6.45, 7) is 12.6. The molecule has 0 aliphatic carbocycles. The van der Waals surface area contributed by atoms with Crippen LogP contribution in [0.5, 0.6) is 5.75 Å². The highest BCUT2D eigenvalue weighted by atomic mass is 35.5. The molecule has 37 heavy (non-hydrogen) atoms. The summed E-state index contributed by atoms with van der Waals surface area (Å²) in [5, 5.41) is 15.9. The normalized spacial score (nSPS) is 13.0. The summed E-state index contributed by atoms with van der Waals surface area (Å²) in [6, 6.07) is 8.00. The Balaban J connectivity index is 2.46. The van der Waals surface area contributed by atoms with Crippen molar-refractivity contribution in [1.82, 2.24) is 10.2 Å². The molecule has 3 N–H and O–H groups in total. The highest BCUT2D eigenvalue weighted by molar-refractivity contribution is 6.34. The molecule has 202 valence electrons. The molecule has 2 aromatic carbocycles. The molecule has 0 aromatic heterocycles. The van der Waals surface area contributed by atoms with Crippen LogP contribution in [0.2, 0.25) is 5.02 Å². The smallest absolute Gasteiger partial charge is 0.408 e. The first-order chi connectivity index (χ1) is 17.1. The maximum absolute atomic E-state index is 13.7. The van der Waals surface area contributed by atoms with Crippen LogP contribution in [0.4, 0.5) is 10.5 Å². The summed E-state index contributed by atoms with van der Waals surface area (Å²) in [6.07, 6.45) is -0.373. The van der Waals surface area contributed by atoms with Gasteiger partial charge in [-0.15, -0.1) is 0 Å². The molecule has 9 heteroatoms. The van der Waals surface area contributed by atoms with Gasteiger partial charge >= 0.3 is 6.09 Å². The fourth-order valence-electron chi connectivity index (χ4n) is 3.90. The molecule has 2 unspecified atom stereocenters. The van der Waals surface area contributed by atoms with Crippen LogP contribution in [0.3, 0.4) is 0 Å². The van der Waals surface area contributed by atoms with Crippen molar-refractivity contribution in [3.8, 4) is 5.75 Å². The van der Waals surface area contributed by atoms with Gasteiger partial charge in [-0.1, -0.05) is 43.6 Å². The third kappa shape index (κ3) is 8.39. The lowest BCUT2D eigenvalue weighted by Gasteiger charge is -2.32. The SMILES string of the molecule is Cc1cc(C(C(=O)Nc2c(C)cccc2Cl)N(C)C(=O)C(CC(C)C)NC(=O)OC(C)(C)C)ccc1O. The Morgan fingerprint density at radius 2 is 1.73 bits per heavy atom. The van der Waals surface area contributed by atoms with Crippen LogP contribution in [-0.4, -0.2) is 46.6 Å². The van der Waals surface area contributed by atoms with Gasteiger partial charge in [0.1, 0.15) is 23.4 Å². The Morgan fingerprint density at radius 1 is 1.08 bits per heavy atom. The minimum absolute atomic E-state index is 0.0723. The van der Waals surface area contributed by atoms with Crippen LogP contribution in [0.1, 0.15) is 63.8 Å². The van der Waals surface area contributed by atoms with Crippen LogP contribution < -0.4 is 10.6 Å². The number of amides is 3. The molecular formula is C28H38ClN3O5. The van der Waals surface area contributed by atoms with E-state index < -0.39 is 35.6 Å². The van der Waals surface area contributed by atoms with Crippen molar-refractivity contribution >= 4 is 35.2 Å². The number of ether oxygens (including phenoxy) is 1. The van der Waals surface area contributed by atoms with Gasteiger partial charge in [-0.25, -0.2) is 4.79 Å².